The molecule has 0 saturated carbocycles. The van der Waals surface area contributed by atoms with Crippen LogP contribution in [0.25, 0.3) is 22.3 Å². The van der Waals surface area contributed by atoms with Crippen molar-refractivity contribution in [1.29, 1.82) is 0 Å². The average molecular weight is 280 g/mol. The third-order valence-electron chi connectivity index (χ3n) is 3.43. The Morgan fingerprint density at radius 1 is 1.00 bits per heavy atom. The van der Waals surface area contributed by atoms with Crippen LogP contribution >= 0.6 is 0 Å². The molecule has 0 amide bonds. The van der Waals surface area contributed by atoms with Gasteiger partial charge < -0.3 is 5.11 Å². The molecule has 0 aliphatic carbocycles. The van der Waals surface area contributed by atoms with Crippen molar-refractivity contribution in [2.24, 2.45) is 0 Å². The van der Waals surface area contributed by atoms with E-state index in [1.807, 2.05) is 48.5 Å². The minimum atomic E-state index is -0.0621. The highest BCUT2D eigenvalue weighted by molar-refractivity contribution is 5.79. The minimum Gasteiger partial charge on any atom is -0.396 e. The number of aliphatic hydroxyl groups excluding tert-OH is 1. The molecule has 1 heterocycles. The number of hydrogen-bond acceptors (Lipinski definition) is 3. The van der Waals surface area contributed by atoms with Crippen LogP contribution in [0.1, 0.15) is 6.42 Å². The van der Waals surface area contributed by atoms with Crippen molar-refractivity contribution in [2.45, 2.75) is 13.0 Å². The van der Waals surface area contributed by atoms with Crippen LogP contribution < -0.4 is 5.56 Å². The lowest BCUT2D eigenvalue weighted by atomic mass is 10.1. The van der Waals surface area contributed by atoms with E-state index in [2.05, 4.69) is 4.98 Å². The fraction of sp³-hybridized carbons (Fsp3) is 0.176. The molecule has 0 bridgehead atoms. The number of hydrogen-bond donors (Lipinski definition) is 1. The zero-order valence-corrected chi connectivity index (χ0v) is 11.6. The third kappa shape index (κ3) is 2.58. The van der Waals surface area contributed by atoms with Gasteiger partial charge in [0, 0.05) is 18.7 Å². The summed E-state index contributed by atoms with van der Waals surface area (Å²) in [6.45, 7) is 0.505. The van der Waals surface area contributed by atoms with Crippen molar-refractivity contribution in [2.75, 3.05) is 6.61 Å². The molecule has 0 aliphatic rings. The quantitative estimate of drug-likeness (QED) is 0.798. The summed E-state index contributed by atoms with van der Waals surface area (Å²) in [6, 6.07) is 17.0. The second-order valence-corrected chi connectivity index (χ2v) is 4.85. The van der Waals surface area contributed by atoms with Gasteiger partial charge in [0.05, 0.1) is 10.9 Å². The maximum absolute atomic E-state index is 12.7. The van der Waals surface area contributed by atoms with Crippen molar-refractivity contribution in [3.63, 3.8) is 0 Å². The molecule has 2 aromatic carbocycles. The normalized spacial score (nSPS) is 10.9. The second-order valence-electron chi connectivity index (χ2n) is 4.85. The van der Waals surface area contributed by atoms with E-state index >= 15 is 0 Å². The molecule has 1 aromatic heterocycles. The van der Waals surface area contributed by atoms with Gasteiger partial charge in [-0.3, -0.25) is 9.36 Å². The Balaban J connectivity index is 2.28. The zero-order chi connectivity index (χ0) is 14.7. The van der Waals surface area contributed by atoms with Crippen LogP contribution in [-0.4, -0.2) is 21.3 Å². The third-order valence-corrected chi connectivity index (χ3v) is 3.43. The highest BCUT2D eigenvalue weighted by atomic mass is 16.3. The lowest BCUT2D eigenvalue weighted by Gasteiger charge is -2.13. The molecular weight excluding hydrogens is 264 g/mol. The number of para-hydroxylation sites is 1. The van der Waals surface area contributed by atoms with Crippen molar-refractivity contribution in [1.82, 2.24) is 9.55 Å². The summed E-state index contributed by atoms with van der Waals surface area (Å²) >= 11 is 0. The molecule has 0 saturated heterocycles. The smallest absolute Gasteiger partial charge is 0.261 e. The van der Waals surface area contributed by atoms with E-state index in [1.54, 1.807) is 10.6 Å². The predicted octanol–water partition coefficient (Wildman–Crippen LogP) is 2.45. The van der Waals surface area contributed by atoms with Crippen molar-refractivity contribution >= 4 is 10.9 Å². The molecule has 0 aliphatic heterocycles. The van der Waals surface area contributed by atoms with Gasteiger partial charge in [0.25, 0.3) is 5.56 Å². The van der Waals surface area contributed by atoms with Crippen molar-refractivity contribution in [3.8, 4) is 11.4 Å². The van der Waals surface area contributed by atoms with Gasteiger partial charge in [-0.05, 0) is 18.6 Å². The highest BCUT2D eigenvalue weighted by Gasteiger charge is 2.11. The molecule has 0 radical (unpaired) electrons. The molecule has 3 rings (SSSR count). The summed E-state index contributed by atoms with van der Waals surface area (Å²) in [5, 5.41) is 9.66. The number of benzene rings is 2. The fourth-order valence-electron chi connectivity index (χ4n) is 2.41. The van der Waals surface area contributed by atoms with Gasteiger partial charge in [-0.15, -0.1) is 0 Å². The first-order valence-electron chi connectivity index (χ1n) is 6.97. The van der Waals surface area contributed by atoms with E-state index in [4.69, 9.17) is 5.11 Å². The van der Waals surface area contributed by atoms with Crippen molar-refractivity contribution in [3.05, 3.63) is 65.0 Å². The Bertz CT molecular complexity index is 810. The van der Waals surface area contributed by atoms with Crippen LogP contribution in [0.3, 0.4) is 0 Å². The molecule has 4 heteroatoms. The second kappa shape index (κ2) is 5.89. The summed E-state index contributed by atoms with van der Waals surface area (Å²) in [5.41, 5.74) is 1.53. The van der Waals surface area contributed by atoms with Gasteiger partial charge >= 0.3 is 0 Å². The van der Waals surface area contributed by atoms with Crippen LogP contribution in [0, 0.1) is 0 Å². The maximum atomic E-state index is 12.7. The molecular formula is C17H16N2O2. The first-order chi connectivity index (χ1) is 10.3. The van der Waals surface area contributed by atoms with Gasteiger partial charge in [-0.1, -0.05) is 42.5 Å². The van der Waals surface area contributed by atoms with Gasteiger partial charge in [-0.2, -0.15) is 0 Å². The Morgan fingerprint density at radius 2 is 1.71 bits per heavy atom. The molecule has 0 fully saturated rings. The fourth-order valence-corrected chi connectivity index (χ4v) is 2.41. The lowest BCUT2D eigenvalue weighted by molar-refractivity contribution is 0.279. The Hall–Kier alpha value is -2.46. The standard InChI is InChI=1S/C17H16N2O2/c20-12-6-11-19-16(13-7-2-1-3-8-13)18-15-10-5-4-9-14(15)17(19)21/h1-5,7-10,20H,6,11-12H2. The summed E-state index contributed by atoms with van der Waals surface area (Å²) in [7, 11) is 0. The van der Waals surface area contributed by atoms with E-state index in [9.17, 15) is 4.79 Å². The molecule has 0 spiro atoms. The number of aromatic nitrogens is 2. The Labute approximate surface area is 122 Å². The first kappa shape index (κ1) is 13.5. The van der Waals surface area contributed by atoms with Crippen LogP contribution in [0.15, 0.2) is 59.4 Å². The zero-order valence-electron chi connectivity index (χ0n) is 11.6. The molecule has 21 heavy (non-hydrogen) atoms. The number of aliphatic hydroxyl groups is 1. The predicted molar refractivity (Wildman–Crippen MR) is 83.1 cm³/mol. The molecule has 0 unspecified atom stereocenters. The topological polar surface area (TPSA) is 55.1 Å². The monoisotopic (exact) mass is 280 g/mol. The molecule has 4 nitrogen and oxygen atoms in total. The summed E-state index contributed by atoms with van der Waals surface area (Å²) in [4.78, 5) is 17.3. The summed E-state index contributed by atoms with van der Waals surface area (Å²) in [6.07, 6.45) is 0.528. The van der Waals surface area contributed by atoms with E-state index in [0.717, 1.165) is 5.56 Å². The van der Waals surface area contributed by atoms with Crippen LogP contribution in [0.5, 0.6) is 0 Å². The molecule has 106 valence electrons. The summed E-state index contributed by atoms with van der Waals surface area (Å²) < 4.78 is 1.65. The van der Waals surface area contributed by atoms with E-state index in [-0.39, 0.29) is 12.2 Å². The summed E-state index contributed by atoms with van der Waals surface area (Å²) in [5.74, 6) is 0.646. The molecule has 1 N–H and O–H groups in total. The van der Waals surface area contributed by atoms with Crippen LogP contribution in [-0.2, 0) is 6.54 Å². The van der Waals surface area contributed by atoms with Crippen LogP contribution in [0.2, 0.25) is 0 Å². The van der Waals surface area contributed by atoms with Gasteiger partial charge in [-0.25, -0.2) is 4.98 Å². The maximum Gasteiger partial charge on any atom is 0.261 e. The lowest BCUT2D eigenvalue weighted by Crippen LogP contribution is -2.24. The first-order valence-corrected chi connectivity index (χ1v) is 6.97. The van der Waals surface area contributed by atoms with E-state index < -0.39 is 0 Å². The number of rotatable bonds is 4. The van der Waals surface area contributed by atoms with E-state index in [0.29, 0.717) is 29.7 Å². The average Bonchev–Trinajstić information content (AvgIpc) is 2.55. The Kier molecular flexibility index (Phi) is 3.79. The largest absolute Gasteiger partial charge is 0.396 e. The van der Waals surface area contributed by atoms with E-state index in [1.165, 1.54) is 0 Å². The van der Waals surface area contributed by atoms with Gasteiger partial charge in [0.1, 0.15) is 5.82 Å². The Morgan fingerprint density at radius 3 is 2.48 bits per heavy atom. The molecule has 0 atom stereocenters. The van der Waals surface area contributed by atoms with Gasteiger partial charge in [0.2, 0.25) is 0 Å². The highest BCUT2D eigenvalue weighted by Crippen LogP contribution is 2.18. The minimum absolute atomic E-state index is 0.0491. The molecule has 3 aromatic rings. The van der Waals surface area contributed by atoms with Crippen molar-refractivity contribution < 1.29 is 5.11 Å². The number of fused-ring (bicyclic) bond motifs is 1. The van der Waals surface area contributed by atoms with Gasteiger partial charge in [0.15, 0.2) is 0 Å². The van der Waals surface area contributed by atoms with Crippen LogP contribution in [0.4, 0.5) is 0 Å². The number of nitrogens with zero attached hydrogens (tertiary/aromatic N) is 2. The SMILES string of the molecule is O=c1c2ccccc2nc(-c2ccccc2)n1CCCO.